The third-order valence-corrected chi connectivity index (χ3v) is 3.40. The summed E-state index contributed by atoms with van der Waals surface area (Å²) in [7, 11) is 0. The number of nitrogens with zero attached hydrogens (tertiary/aromatic N) is 2. The molecule has 104 valence electrons. The van der Waals surface area contributed by atoms with Crippen LogP contribution in [-0.4, -0.2) is 21.5 Å². The molecule has 0 aliphatic heterocycles. The molecule has 0 aliphatic carbocycles. The number of anilines is 1. The standard InChI is InChI=1S/C14H13BrN4.ClH/c1-2-16-14-17-6-5-13(19-14)11-8-18-12-4-3-9(15)7-10(11)12;/h3-8,18H,2H2,1H3,(H,16,17,19);1H. The second kappa shape index (κ2) is 6.24. The number of H-pyrrole nitrogens is 1. The smallest absolute Gasteiger partial charge is 0.223 e. The first-order valence-corrected chi connectivity index (χ1v) is 6.91. The van der Waals surface area contributed by atoms with Crippen LogP contribution in [0.2, 0.25) is 0 Å². The van der Waals surface area contributed by atoms with Crippen LogP contribution in [0, 0.1) is 0 Å². The van der Waals surface area contributed by atoms with Crippen molar-refractivity contribution >= 4 is 45.2 Å². The SMILES string of the molecule is CCNc1nccc(-c2c[nH]c3ccc(Br)cc23)n1.Cl. The first-order chi connectivity index (χ1) is 9.28. The molecule has 2 aromatic heterocycles. The van der Waals surface area contributed by atoms with Crippen molar-refractivity contribution in [2.24, 2.45) is 0 Å². The summed E-state index contributed by atoms with van der Waals surface area (Å²) in [6.45, 7) is 2.84. The number of aromatic nitrogens is 3. The van der Waals surface area contributed by atoms with Crippen LogP contribution < -0.4 is 5.32 Å². The summed E-state index contributed by atoms with van der Waals surface area (Å²) in [5, 5.41) is 4.28. The van der Waals surface area contributed by atoms with Crippen molar-refractivity contribution in [3.8, 4) is 11.3 Å². The average molecular weight is 354 g/mol. The van der Waals surface area contributed by atoms with Gasteiger partial charge in [-0.05, 0) is 31.2 Å². The van der Waals surface area contributed by atoms with Crippen LogP contribution in [0.3, 0.4) is 0 Å². The van der Waals surface area contributed by atoms with E-state index in [2.05, 4.69) is 48.3 Å². The Morgan fingerprint density at radius 3 is 2.95 bits per heavy atom. The number of fused-ring (bicyclic) bond motifs is 1. The molecule has 0 amide bonds. The maximum Gasteiger partial charge on any atom is 0.223 e. The van der Waals surface area contributed by atoms with E-state index in [4.69, 9.17) is 0 Å². The van der Waals surface area contributed by atoms with E-state index in [1.807, 2.05) is 25.3 Å². The third-order valence-electron chi connectivity index (χ3n) is 2.91. The van der Waals surface area contributed by atoms with Gasteiger partial charge in [-0.2, -0.15) is 0 Å². The van der Waals surface area contributed by atoms with E-state index in [0.717, 1.165) is 33.2 Å². The Morgan fingerprint density at radius 1 is 1.30 bits per heavy atom. The van der Waals surface area contributed by atoms with Crippen molar-refractivity contribution in [2.75, 3.05) is 11.9 Å². The fourth-order valence-corrected chi connectivity index (χ4v) is 2.42. The molecule has 3 rings (SSSR count). The Morgan fingerprint density at radius 2 is 2.15 bits per heavy atom. The molecule has 3 aromatic rings. The molecular weight excluding hydrogens is 340 g/mol. The maximum atomic E-state index is 4.53. The van der Waals surface area contributed by atoms with Gasteiger partial charge in [0.05, 0.1) is 5.69 Å². The van der Waals surface area contributed by atoms with Gasteiger partial charge < -0.3 is 10.3 Å². The van der Waals surface area contributed by atoms with Gasteiger partial charge in [-0.3, -0.25) is 0 Å². The van der Waals surface area contributed by atoms with Gasteiger partial charge >= 0.3 is 0 Å². The van der Waals surface area contributed by atoms with E-state index >= 15 is 0 Å². The molecule has 0 atom stereocenters. The number of hydrogen-bond acceptors (Lipinski definition) is 3. The van der Waals surface area contributed by atoms with Gasteiger partial charge in [0.15, 0.2) is 0 Å². The largest absolute Gasteiger partial charge is 0.360 e. The fourth-order valence-electron chi connectivity index (χ4n) is 2.06. The molecule has 0 saturated heterocycles. The van der Waals surface area contributed by atoms with E-state index in [0.29, 0.717) is 5.95 Å². The van der Waals surface area contributed by atoms with Gasteiger partial charge in [0.1, 0.15) is 0 Å². The van der Waals surface area contributed by atoms with Crippen molar-refractivity contribution in [1.82, 2.24) is 15.0 Å². The van der Waals surface area contributed by atoms with E-state index < -0.39 is 0 Å². The Labute approximate surface area is 131 Å². The topological polar surface area (TPSA) is 53.6 Å². The number of nitrogens with one attached hydrogen (secondary N) is 2. The Hall–Kier alpha value is -1.59. The van der Waals surface area contributed by atoms with E-state index in [9.17, 15) is 0 Å². The number of halogens is 2. The minimum Gasteiger partial charge on any atom is -0.360 e. The fraction of sp³-hybridized carbons (Fsp3) is 0.143. The zero-order chi connectivity index (χ0) is 13.2. The highest BCUT2D eigenvalue weighted by Gasteiger charge is 2.08. The van der Waals surface area contributed by atoms with Crippen molar-refractivity contribution < 1.29 is 0 Å². The molecule has 0 radical (unpaired) electrons. The first-order valence-electron chi connectivity index (χ1n) is 6.12. The highest BCUT2D eigenvalue weighted by Crippen LogP contribution is 2.29. The third kappa shape index (κ3) is 2.78. The quantitative estimate of drug-likeness (QED) is 0.740. The summed E-state index contributed by atoms with van der Waals surface area (Å²) in [4.78, 5) is 12.0. The average Bonchev–Trinajstić information content (AvgIpc) is 2.82. The molecule has 0 spiro atoms. The second-order valence-corrected chi connectivity index (χ2v) is 5.10. The lowest BCUT2D eigenvalue weighted by atomic mass is 10.1. The first kappa shape index (κ1) is 14.8. The minimum atomic E-state index is 0. The van der Waals surface area contributed by atoms with Crippen LogP contribution in [0.4, 0.5) is 5.95 Å². The molecule has 0 unspecified atom stereocenters. The number of aromatic amines is 1. The zero-order valence-electron chi connectivity index (χ0n) is 10.9. The molecule has 0 fully saturated rings. The monoisotopic (exact) mass is 352 g/mol. The summed E-state index contributed by atoms with van der Waals surface area (Å²) >= 11 is 3.50. The lowest BCUT2D eigenvalue weighted by Crippen LogP contribution is -2.01. The molecule has 4 nitrogen and oxygen atoms in total. The van der Waals surface area contributed by atoms with Crippen LogP contribution >= 0.6 is 28.3 Å². The van der Waals surface area contributed by atoms with Gasteiger partial charge in [0, 0.05) is 39.9 Å². The summed E-state index contributed by atoms with van der Waals surface area (Å²) in [5.41, 5.74) is 3.09. The van der Waals surface area contributed by atoms with E-state index in [-0.39, 0.29) is 12.4 Å². The van der Waals surface area contributed by atoms with Crippen molar-refractivity contribution in [3.63, 3.8) is 0 Å². The number of benzene rings is 1. The minimum absolute atomic E-state index is 0. The van der Waals surface area contributed by atoms with Crippen molar-refractivity contribution in [3.05, 3.63) is 41.1 Å². The van der Waals surface area contributed by atoms with Crippen molar-refractivity contribution in [1.29, 1.82) is 0 Å². The Kier molecular flexibility index (Phi) is 4.62. The maximum absolute atomic E-state index is 4.53. The van der Waals surface area contributed by atoms with Gasteiger partial charge in [-0.1, -0.05) is 15.9 Å². The summed E-state index contributed by atoms with van der Waals surface area (Å²) in [5.74, 6) is 0.657. The Bertz CT molecular complexity index is 726. The van der Waals surface area contributed by atoms with Crippen LogP contribution in [-0.2, 0) is 0 Å². The predicted octanol–water partition coefficient (Wildman–Crippen LogP) is 4.24. The van der Waals surface area contributed by atoms with Gasteiger partial charge in [-0.25, -0.2) is 9.97 Å². The predicted molar refractivity (Wildman–Crippen MR) is 88.4 cm³/mol. The van der Waals surface area contributed by atoms with Gasteiger partial charge in [-0.15, -0.1) is 12.4 Å². The molecular formula is C14H14BrClN4. The highest BCUT2D eigenvalue weighted by atomic mass is 79.9. The Balaban J connectivity index is 0.00000147. The lowest BCUT2D eigenvalue weighted by Gasteiger charge is -2.03. The van der Waals surface area contributed by atoms with Gasteiger partial charge in [0.2, 0.25) is 5.95 Å². The van der Waals surface area contributed by atoms with Crippen LogP contribution in [0.25, 0.3) is 22.2 Å². The van der Waals surface area contributed by atoms with Gasteiger partial charge in [0.25, 0.3) is 0 Å². The normalized spacial score (nSPS) is 10.3. The second-order valence-electron chi connectivity index (χ2n) is 4.19. The molecule has 0 aliphatic rings. The van der Waals surface area contributed by atoms with Crippen LogP contribution in [0.5, 0.6) is 0 Å². The molecule has 20 heavy (non-hydrogen) atoms. The molecule has 2 heterocycles. The van der Waals surface area contributed by atoms with E-state index in [1.54, 1.807) is 6.20 Å². The van der Waals surface area contributed by atoms with Crippen molar-refractivity contribution in [2.45, 2.75) is 6.92 Å². The summed E-state index contributed by atoms with van der Waals surface area (Å²) < 4.78 is 1.06. The molecule has 6 heteroatoms. The molecule has 0 bridgehead atoms. The number of rotatable bonds is 3. The zero-order valence-corrected chi connectivity index (χ0v) is 13.3. The van der Waals surface area contributed by atoms with Crippen LogP contribution in [0.15, 0.2) is 41.1 Å². The summed E-state index contributed by atoms with van der Waals surface area (Å²) in [6.07, 6.45) is 3.76. The lowest BCUT2D eigenvalue weighted by molar-refractivity contribution is 1.09. The molecule has 2 N–H and O–H groups in total. The van der Waals surface area contributed by atoms with E-state index in [1.165, 1.54) is 0 Å². The number of hydrogen-bond donors (Lipinski definition) is 2. The molecule has 0 saturated carbocycles. The van der Waals surface area contributed by atoms with Crippen LogP contribution in [0.1, 0.15) is 6.92 Å². The highest BCUT2D eigenvalue weighted by molar-refractivity contribution is 9.10. The molecule has 1 aromatic carbocycles. The summed E-state index contributed by atoms with van der Waals surface area (Å²) in [6, 6.07) is 8.09.